The molecule has 0 aromatic heterocycles. The van der Waals surface area contributed by atoms with Crippen LogP contribution < -0.4 is 0 Å². The third-order valence-corrected chi connectivity index (χ3v) is 2.62. The third-order valence-electron chi connectivity index (χ3n) is 1.03. The van der Waals surface area contributed by atoms with Crippen LogP contribution in [-0.2, 0) is 23.7 Å². The quantitative estimate of drug-likeness (QED) is 0.361. The van der Waals surface area contributed by atoms with Gasteiger partial charge >= 0.3 is 7.60 Å². The summed E-state index contributed by atoms with van der Waals surface area (Å²) in [6.07, 6.45) is 1.43. The normalized spacial score (nSPS) is 12.4. The second-order valence-corrected chi connectivity index (χ2v) is 4.57. The van der Waals surface area contributed by atoms with E-state index in [0.29, 0.717) is 13.2 Å². The van der Waals surface area contributed by atoms with Crippen molar-refractivity contribution >= 4 is 7.60 Å². The second kappa shape index (κ2) is 7.37. The lowest BCUT2D eigenvalue weighted by Gasteiger charge is -2.16. The molecule has 0 saturated heterocycles. The predicted octanol–water partition coefficient (Wildman–Crippen LogP) is 2.93. The molecule has 0 saturated carbocycles. The van der Waals surface area contributed by atoms with Crippen LogP contribution in [0.1, 0.15) is 27.7 Å². The summed E-state index contributed by atoms with van der Waals surface area (Å²) in [5.41, 5.74) is 0. The van der Waals surface area contributed by atoms with Gasteiger partial charge in [0.1, 0.15) is 0 Å². The molecule has 0 aliphatic rings. The van der Waals surface area contributed by atoms with Crippen molar-refractivity contribution in [3.8, 4) is 0 Å². The van der Waals surface area contributed by atoms with E-state index < -0.39 is 7.60 Å². The molecule has 1 radical (unpaired) electrons. The van der Waals surface area contributed by atoms with E-state index >= 15 is 0 Å². The molecule has 0 spiro atoms. The van der Waals surface area contributed by atoms with Crippen molar-refractivity contribution in [2.45, 2.75) is 27.7 Å². The Morgan fingerprint density at radius 2 is 1.57 bits per heavy atom. The monoisotopic (exact) mass is 225 g/mol. The average Bonchev–Trinajstić information content (AvgIpc) is 2.11. The molecule has 0 amide bonds. The van der Waals surface area contributed by atoms with Gasteiger partial charge in [-0.25, -0.2) is 9.78 Å². The summed E-state index contributed by atoms with van der Waals surface area (Å²) in [5, 5.41) is 0. The smallest absolute Gasteiger partial charge is 0.255 e. The molecule has 0 bridgehead atoms. The molecule has 0 aliphatic carbocycles. The summed E-state index contributed by atoms with van der Waals surface area (Å²) in [5.74, 6) is 0.0572. The molecule has 14 heavy (non-hydrogen) atoms. The Morgan fingerprint density at radius 1 is 1.14 bits per heavy atom. The van der Waals surface area contributed by atoms with E-state index in [9.17, 15) is 4.57 Å². The van der Waals surface area contributed by atoms with Gasteiger partial charge in [-0.3, -0.25) is 4.57 Å². The lowest BCUT2D eigenvalue weighted by molar-refractivity contribution is -0.261. The lowest BCUT2D eigenvalue weighted by atomic mass is 10.3. The van der Waals surface area contributed by atoms with E-state index in [1.165, 1.54) is 6.16 Å². The zero-order valence-corrected chi connectivity index (χ0v) is 9.95. The van der Waals surface area contributed by atoms with E-state index in [4.69, 9.17) is 0 Å². The molecule has 6 heteroatoms. The van der Waals surface area contributed by atoms with Crippen LogP contribution in [0.3, 0.4) is 0 Å². The molecule has 0 aliphatic heterocycles. The Balaban J connectivity index is 4.11. The van der Waals surface area contributed by atoms with Crippen LogP contribution in [0, 0.1) is 12.1 Å². The molecular formula is C8H18O5P. The van der Waals surface area contributed by atoms with Crippen molar-refractivity contribution < 1.29 is 23.7 Å². The molecular weight excluding hydrogens is 207 g/mol. The number of hydrogen-bond donors (Lipinski definition) is 0. The van der Waals surface area contributed by atoms with Gasteiger partial charge in [0, 0.05) is 0 Å². The Labute approximate surface area is 85.1 Å². The van der Waals surface area contributed by atoms with E-state index in [1.54, 1.807) is 13.8 Å². The first-order valence-corrected chi connectivity index (χ1v) is 6.23. The summed E-state index contributed by atoms with van der Waals surface area (Å²) in [6.45, 7) is 7.76. The highest BCUT2D eigenvalue weighted by Crippen LogP contribution is 2.53. The van der Waals surface area contributed by atoms with Crippen molar-refractivity contribution in [1.29, 1.82) is 0 Å². The minimum absolute atomic E-state index is 0.0572. The maximum Gasteiger partial charge on any atom is 0.388 e. The fourth-order valence-electron chi connectivity index (χ4n) is 0.680. The van der Waals surface area contributed by atoms with E-state index in [0.717, 1.165) is 0 Å². The topological polar surface area (TPSA) is 54.0 Å². The average molecular weight is 225 g/mol. The van der Waals surface area contributed by atoms with Gasteiger partial charge in [-0.15, -0.1) is 9.35 Å². The molecule has 0 unspecified atom stereocenters. The van der Waals surface area contributed by atoms with Crippen molar-refractivity contribution in [2.24, 2.45) is 5.92 Å². The number of hydrogen-bond acceptors (Lipinski definition) is 5. The van der Waals surface area contributed by atoms with E-state index in [1.807, 2.05) is 13.8 Å². The molecule has 0 aromatic rings. The molecule has 0 rings (SSSR count). The molecule has 5 nitrogen and oxygen atoms in total. The van der Waals surface area contributed by atoms with Crippen LogP contribution >= 0.6 is 7.60 Å². The highest BCUT2D eigenvalue weighted by atomic mass is 31.2. The molecule has 0 fully saturated rings. The predicted molar refractivity (Wildman–Crippen MR) is 52.2 cm³/mol. The molecule has 0 N–H and O–H groups in total. The minimum Gasteiger partial charge on any atom is -0.255 e. The van der Waals surface area contributed by atoms with Crippen molar-refractivity contribution in [3.63, 3.8) is 0 Å². The summed E-state index contributed by atoms with van der Waals surface area (Å²) < 4.78 is 21.1. The number of rotatable bonds is 8. The van der Waals surface area contributed by atoms with Gasteiger partial charge in [0.2, 0.25) is 0 Å². The van der Waals surface area contributed by atoms with Crippen LogP contribution in [0.25, 0.3) is 0 Å². The second-order valence-electron chi connectivity index (χ2n) is 2.90. The standard InChI is InChI=1S/C8H18O5P/c1-5-10-12-14(9,7-8(3)4)13-11-6-2/h7-8H,5-6H2,1-4H3. The fraction of sp³-hybridized carbons (Fsp3) is 0.875. The highest BCUT2D eigenvalue weighted by Gasteiger charge is 2.29. The largest absolute Gasteiger partial charge is 0.388 e. The summed E-state index contributed by atoms with van der Waals surface area (Å²) in [4.78, 5) is 9.19. The molecule has 0 atom stereocenters. The minimum atomic E-state index is -3.38. The van der Waals surface area contributed by atoms with Gasteiger partial charge in [0.15, 0.2) is 0 Å². The maximum atomic E-state index is 11.8. The third kappa shape index (κ3) is 6.51. The summed E-state index contributed by atoms with van der Waals surface area (Å²) >= 11 is 0. The Bertz CT molecular complexity index is 171. The van der Waals surface area contributed by atoms with Gasteiger partial charge in [-0.05, 0) is 19.8 Å². The molecule has 0 heterocycles. The Hall–Kier alpha value is 0.0700. The zero-order valence-electron chi connectivity index (χ0n) is 9.06. The Morgan fingerprint density at radius 3 is 1.86 bits per heavy atom. The van der Waals surface area contributed by atoms with Crippen LogP contribution in [0.2, 0.25) is 0 Å². The van der Waals surface area contributed by atoms with Gasteiger partial charge in [-0.1, -0.05) is 13.8 Å². The van der Waals surface area contributed by atoms with Crippen molar-refractivity contribution in [1.82, 2.24) is 0 Å². The van der Waals surface area contributed by atoms with E-state index in [2.05, 4.69) is 19.1 Å². The highest BCUT2D eigenvalue weighted by molar-refractivity contribution is 7.55. The lowest BCUT2D eigenvalue weighted by Crippen LogP contribution is -2.02. The summed E-state index contributed by atoms with van der Waals surface area (Å²) in [7, 11) is -3.38. The van der Waals surface area contributed by atoms with E-state index in [-0.39, 0.29) is 5.92 Å². The van der Waals surface area contributed by atoms with Gasteiger partial charge in [0.05, 0.1) is 19.4 Å². The van der Waals surface area contributed by atoms with Gasteiger partial charge < -0.3 is 0 Å². The van der Waals surface area contributed by atoms with Crippen LogP contribution in [0.15, 0.2) is 0 Å². The first-order chi connectivity index (χ1) is 6.54. The van der Waals surface area contributed by atoms with Crippen molar-refractivity contribution in [2.75, 3.05) is 13.2 Å². The maximum absolute atomic E-state index is 11.8. The molecule has 85 valence electrons. The summed E-state index contributed by atoms with van der Waals surface area (Å²) in [6, 6.07) is 0. The SMILES string of the molecule is CCOOP(=O)([CH]C(C)C)OOCC. The van der Waals surface area contributed by atoms with Crippen molar-refractivity contribution in [3.05, 3.63) is 6.16 Å². The van der Waals surface area contributed by atoms with Crippen LogP contribution in [0.5, 0.6) is 0 Å². The Kier molecular flexibility index (Phi) is 7.41. The van der Waals surface area contributed by atoms with Crippen LogP contribution in [0.4, 0.5) is 0 Å². The zero-order chi connectivity index (χ0) is 11.0. The molecule has 0 aromatic carbocycles. The first-order valence-electron chi connectivity index (χ1n) is 4.62. The fourth-order valence-corrected chi connectivity index (χ4v) is 2.04. The van der Waals surface area contributed by atoms with Gasteiger partial charge in [0.25, 0.3) is 0 Å². The van der Waals surface area contributed by atoms with Crippen LogP contribution in [-0.4, -0.2) is 13.2 Å². The van der Waals surface area contributed by atoms with Gasteiger partial charge in [-0.2, -0.15) is 0 Å². The first kappa shape index (κ1) is 14.1.